The van der Waals surface area contributed by atoms with Crippen molar-refractivity contribution >= 4 is 5.69 Å². The van der Waals surface area contributed by atoms with Crippen LogP contribution in [0, 0.1) is 23.2 Å². The Morgan fingerprint density at radius 1 is 0.947 bits per heavy atom. The molecule has 2 nitrogen and oxygen atoms in total. The van der Waals surface area contributed by atoms with Crippen LogP contribution in [0.15, 0.2) is 24.3 Å². The van der Waals surface area contributed by atoms with Crippen molar-refractivity contribution in [3.63, 3.8) is 0 Å². The first kappa shape index (κ1) is 11.8. The molecule has 0 unspecified atom stereocenters. The Kier molecular flexibility index (Phi) is 2.47. The molecule has 0 amide bonds. The highest BCUT2D eigenvalue weighted by molar-refractivity contribution is 5.40. The summed E-state index contributed by atoms with van der Waals surface area (Å²) in [6.45, 7) is 0. The molecule has 0 spiro atoms. The highest BCUT2D eigenvalue weighted by Crippen LogP contribution is 2.63. The van der Waals surface area contributed by atoms with E-state index in [-0.39, 0.29) is 11.5 Å². The van der Waals surface area contributed by atoms with Crippen molar-refractivity contribution < 1.29 is 5.11 Å². The van der Waals surface area contributed by atoms with Crippen molar-refractivity contribution in [2.24, 2.45) is 23.2 Å². The first-order chi connectivity index (χ1) is 9.14. The molecule has 0 saturated heterocycles. The van der Waals surface area contributed by atoms with E-state index < -0.39 is 0 Å². The zero-order valence-electron chi connectivity index (χ0n) is 11.4. The lowest BCUT2D eigenvalue weighted by molar-refractivity contribution is -0.122. The molecule has 19 heavy (non-hydrogen) atoms. The molecule has 1 aromatic rings. The summed E-state index contributed by atoms with van der Waals surface area (Å²) in [6, 6.07) is 7.86. The third-order valence-corrected chi connectivity index (χ3v) is 5.92. The summed E-state index contributed by atoms with van der Waals surface area (Å²) >= 11 is 0. The molecule has 3 N–H and O–H groups in total. The molecule has 102 valence electrons. The molecule has 4 fully saturated rings. The van der Waals surface area contributed by atoms with E-state index in [9.17, 15) is 5.11 Å². The van der Waals surface area contributed by atoms with Gasteiger partial charge in [0, 0.05) is 11.1 Å². The molecular weight excluding hydrogens is 234 g/mol. The molecule has 4 saturated carbocycles. The minimum Gasteiger partial charge on any atom is -0.399 e. The van der Waals surface area contributed by atoms with Gasteiger partial charge in [-0.1, -0.05) is 12.1 Å². The Hall–Kier alpha value is -1.02. The monoisotopic (exact) mass is 257 g/mol. The van der Waals surface area contributed by atoms with Crippen LogP contribution in [0.2, 0.25) is 0 Å². The van der Waals surface area contributed by atoms with Crippen LogP contribution in [0.3, 0.4) is 0 Å². The summed E-state index contributed by atoms with van der Waals surface area (Å²) < 4.78 is 0. The van der Waals surface area contributed by atoms with Crippen LogP contribution in [0.25, 0.3) is 0 Å². The maximum atomic E-state index is 10.9. The second-order valence-corrected chi connectivity index (χ2v) is 7.35. The van der Waals surface area contributed by atoms with Gasteiger partial charge in [-0.05, 0) is 74.0 Å². The smallest absolute Gasteiger partial charge is 0.0846 e. The number of nitrogens with two attached hydrogens (primary N) is 1. The van der Waals surface area contributed by atoms with E-state index in [2.05, 4.69) is 0 Å². The van der Waals surface area contributed by atoms with Crippen molar-refractivity contribution in [2.75, 3.05) is 5.73 Å². The van der Waals surface area contributed by atoms with Crippen LogP contribution in [-0.2, 0) is 0 Å². The van der Waals surface area contributed by atoms with Crippen LogP contribution >= 0.6 is 0 Å². The molecule has 0 aliphatic heterocycles. The van der Waals surface area contributed by atoms with Crippen molar-refractivity contribution in [1.29, 1.82) is 0 Å². The minimum absolute atomic E-state index is 0.171. The Labute approximate surface area is 115 Å². The quantitative estimate of drug-likeness (QED) is 0.796. The van der Waals surface area contributed by atoms with E-state index >= 15 is 0 Å². The number of nitrogen functional groups attached to an aromatic ring is 1. The summed E-state index contributed by atoms with van der Waals surface area (Å²) in [5.41, 5.74) is 7.77. The SMILES string of the molecule is Nc1ccc([C@H](O)C23CC4CC(CC(C4)C2)C3)cc1. The van der Waals surface area contributed by atoms with Gasteiger partial charge >= 0.3 is 0 Å². The van der Waals surface area contributed by atoms with Crippen molar-refractivity contribution in [3.8, 4) is 0 Å². The Bertz CT molecular complexity index is 443. The number of hydrogen-bond acceptors (Lipinski definition) is 2. The normalized spacial score (nSPS) is 41.4. The molecule has 5 rings (SSSR count). The first-order valence-electron chi connectivity index (χ1n) is 7.68. The highest BCUT2D eigenvalue weighted by Gasteiger charge is 2.54. The van der Waals surface area contributed by atoms with Crippen LogP contribution in [0.5, 0.6) is 0 Å². The lowest BCUT2D eigenvalue weighted by atomic mass is 9.47. The molecule has 0 aromatic heterocycles. The summed E-state index contributed by atoms with van der Waals surface area (Å²) in [5.74, 6) is 2.65. The largest absolute Gasteiger partial charge is 0.399 e. The van der Waals surface area contributed by atoms with Crippen molar-refractivity contribution in [3.05, 3.63) is 29.8 Å². The molecule has 1 atom stereocenters. The number of aliphatic hydroxyl groups is 1. The van der Waals surface area contributed by atoms with E-state index in [0.29, 0.717) is 0 Å². The van der Waals surface area contributed by atoms with Crippen LogP contribution in [-0.4, -0.2) is 5.11 Å². The first-order valence-corrected chi connectivity index (χ1v) is 7.68. The molecule has 2 heteroatoms. The molecule has 1 aromatic carbocycles. The maximum Gasteiger partial charge on any atom is 0.0846 e. The van der Waals surface area contributed by atoms with Gasteiger partial charge in [-0.2, -0.15) is 0 Å². The number of rotatable bonds is 2. The summed E-state index contributed by atoms with van der Waals surface area (Å²) in [6.07, 6.45) is 7.70. The van der Waals surface area contributed by atoms with Gasteiger partial charge in [0.1, 0.15) is 0 Å². The van der Waals surface area contributed by atoms with E-state index in [4.69, 9.17) is 5.73 Å². The minimum atomic E-state index is -0.290. The Balaban J connectivity index is 1.65. The third-order valence-electron chi connectivity index (χ3n) is 5.92. The molecule has 0 radical (unpaired) electrons. The topological polar surface area (TPSA) is 46.2 Å². The van der Waals surface area contributed by atoms with Crippen molar-refractivity contribution in [1.82, 2.24) is 0 Å². The summed E-state index contributed by atoms with van der Waals surface area (Å²) in [7, 11) is 0. The summed E-state index contributed by atoms with van der Waals surface area (Å²) in [4.78, 5) is 0. The predicted octanol–water partition coefficient (Wildman–Crippen LogP) is 3.52. The standard InChI is InChI=1S/C17H23NO/c18-15-3-1-14(2-4-15)16(19)17-8-11-5-12(9-17)7-13(6-11)10-17/h1-4,11-13,16,19H,5-10,18H2/t11?,12?,13?,16-,17?/m0/s1. The Morgan fingerprint density at radius 2 is 1.42 bits per heavy atom. The zero-order chi connectivity index (χ0) is 13.0. The fourth-order valence-corrected chi connectivity index (χ4v) is 5.54. The van der Waals surface area contributed by atoms with Gasteiger partial charge in [0.25, 0.3) is 0 Å². The Morgan fingerprint density at radius 3 is 1.89 bits per heavy atom. The average molecular weight is 257 g/mol. The van der Waals surface area contributed by atoms with E-state index in [0.717, 1.165) is 29.0 Å². The predicted molar refractivity (Wildman–Crippen MR) is 76.4 cm³/mol. The molecule has 4 bridgehead atoms. The van der Waals surface area contributed by atoms with Gasteiger partial charge in [0.15, 0.2) is 0 Å². The van der Waals surface area contributed by atoms with Gasteiger partial charge < -0.3 is 10.8 Å². The van der Waals surface area contributed by atoms with Crippen molar-refractivity contribution in [2.45, 2.75) is 44.6 Å². The van der Waals surface area contributed by atoms with Gasteiger partial charge in [-0.15, -0.1) is 0 Å². The lowest BCUT2D eigenvalue weighted by Crippen LogP contribution is -2.48. The van der Waals surface area contributed by atoms with Crippen LogP contribution in [0.1, 0.15) is 50.2 Å². The number of benzene rings is 1. The van der Waals surface area contributed by atoms with Gasteiger partial charge in [-0.3, -0.25) is 0 Å². The van der Waals surface area contributed by atoms with E-state index in [1.165, 1.54) is 38.5 Å². The fraction of sp³-hybridized carbons (Fsp3) is 0.647. The van der Waals surface area contributed by atoms with E-state index in [1.54, 1.807) is 0 Å². The second kappa shape index (κ2) is 3.99. The fourth-order valence-electron chi connectivity index (χ4n) is 5.54. The molecular formula is C17H23NO. The molecule has 4 aliphatic carbocycles. The lowest BCUT2D eigenvalue weighted by Gasteiger charge is -2.58. The second-order valence-electron chi connectivity index (χ2n) is 7.35. The third kappa shape index (κ3) is 1.80. The zero-order valence-corrected chi connectivity index (χ0v) is 11.4. The number of anilines is 1. The molecule has 4 aliphatic rings. The van der Waals surface area contributed by atoms with Crippen LogP contribution < -0.4 is 5.73 Å². The number of aliphatic hydroxyl groups excluding tert-OH is 1. The number of hydrogen-bond donors (Lipinski definition) is 2. The van der Waals surface area contributed by atoms with E-state index in [1.807, 2.05) is 24.3 Å². The highest BCUT2D eigenvalue weighted by atomic mass is 16.3. The van der Waals surface area contributed by atoms with Gasteiger partial charge in [0.2, 0.25) is 0 Å². The molecule has 0 heterocycles. The van der Waals surface area contributed by atoms with Gasteiger partial charge in [-0.25, -0.2) is 0 Å². The van der Waals surface area contributed by atoms with Crippen LogP contribution in [0.4, 0.5) is 5.69 Å². The summed E-state index contributed by atoms with van der Waals surface area (Å²) in [5, 5.41) is 10.9. The maximum absolute atomic E-state index is 10.9. The van der Waals surface area contributed by atoms with Gasteiger partial charge in [0.05, 0.1) is 6.10 Å². The average Bonchev–Trinajstić information content (AvgIpc) is 2.37.